The molecule has 20 heavy (non-hydrogen) atoms. The maximum atomic E-state index is 12.6. The fraction of sp³-hybridized carbons (Fsp3) is 0.615. The van der Waals surface area contributed by atoms with Crippen molar-refractivity contribution in [1.29, 1.82) is 0 Å². The molecule has 0 spiro atoms. The van der Waals surface area contributed by atoms with E-state index in [0.717, 1.165) is 35.4 Å². The van der Waals surface area contributed by atoms with E-state index in [1.165, 1.54) is 0 Å². The first-order valence-corrected chi connectivity index (χ1v) is 6.59. The number of hydrogen-bond acceptors (Lipinski definition) is 4. The number of alkyl halides is 3. The molecule has 0 bridgehead atoms. The van der Waals surface area contributed by atoms with Crippen molar-refractivity contribution in [3.8, 4) is 0 Å². The predicted molar refractivity (Wildman–Crippen MR) is 69.5 cm³/mol. The number of fused-ring (bicyclic) bond motifs is 1. The van der Waals surface area contributed by atoms with Gasteiger partial charge in [0, 0.05) is 24.3 Å². The fourth-order valence-electron chi connectivity index (χ4n) is 2.53. The molecule has 0 amide bonds. The van der Waals surface area contributed by atoms with E-state index in [1.807, 2.05) is 6.07 Å². The summed E-state index contributed by atoms with van der Waals surface area (Å²) in [4.78, 5) is 5.42. The van der Waals surface area contributed by atoms with E-state index in [4.69, 9.17) is 10.8 Å². The predicted octanol–water partition coefficient (Wildman–Crippen LogP) is 1.39. The van der Waals surface area contributed by atoms with E-state index < -0.39 is 12.7 Å². The lowest BCUT2D eigenvalue weighted by molar-refractivity contribution is -0.120. The second kappa shape index (κ2) is 5.97. The summed E-state index contributed by atoms with van der Waals surface area (Å²) in [5.74, 6) is 0.250. The van der Waals surface area contributed by atoms with Crippen molar-refractivity contribution in [2.24, 2.45) is 5.73 Å². The van der Waals surface area contributed by atoms with Crippen molar-refractivity contribution < 1.29 is 18.3 Å². The van der Waals surface area contributed by atoms with Crippen molar-refractivity contribution in [2.45, 2.75) is 32.0 Å². The van der Waals surface area contributed by atoms with Gasteiger partial charge in [-0.3, -0.25) is 0 Å². The molecular weight excluding hydrogens is 271 g/mol. The van der Waals surface area contributed by atoms with Gasteiger partial charge < -0.3 is 15.7 Å². The average molecular weight is 289 g/mol. The molecule has 0 aliphatic heterocycles. The van der Waals surface area contributed by atoms with E-state index in [0.29, 0.717) is 5.56 Å². The minimum Gasteiger partial charge on any atom is -0.395 e. The van der Waals surface area contributed by atoms with Crippen molar-refractivity contribution >= 4 is 5.82 Å². The van der Waals surface area contributed by atoms with Crippen LogP contribution >= 0.6 is 0 Å². The molecule has 1 aliphatic rings. The molecule has 0 fully saturated rings. The molecule has 0 saturated heterocycles. The summed E-state index contributed by atoms with van der Waals surface area (Å²) in [6.07, 6.45) is -1.70. The SMILES string of the molecule is NCc1cc2c(nc1N(CCO)CC(F)(F)F)CCC2. The summed E-state index contributed by atoms with van der Waals surface area (Å²) < 4.78 is 37.9. The molecule has 1 aromatic heterocycles. The quantitative estimate of drug-likeness (QED) is 0.860. The fourth-order valence-corrected chi connectivity index (χ4v) is 2.53. The van der Waals surface area contributed by atoms with Gasteiger partial charge >= 0.3 is 6.18 Å². The lowest BCUT2D eigenvalue weighted by Crippen LogP contribution is -2.37. The van der Waals surface area contributed by atoms with Crippen LogP contribution in [0.15, 0.2) is 6.07 Å². The van der Waals surface area contributed by atoms with Gasteiger partial charge in [0.1, 0.15) is 12.4 Å². The minimum atomic E-state index is -4.35. The smallest absolute Gasteiger partial charge is 0.395 e. The molecular formula is C13H18F3N3O. The number of hydrogen-bond donors (Lipinski definition) is 2. The van der Waals surface area contributed by atoms with E-state index >= 15 is 0 Å². The Morgan fingerprint density at radius 3 is 2.70 bits per heavy atom. The molecule has 1 heterocycles. The van der Waals surface area contributed by atoms with Crippen LogP contribution in [0.1, 0.15) is 23.2 Å². The standard InChI is InChI=1S/C13H18F3N3O/c14-13(15,16)8-19(4-5-20)12-10(7-17)6-9-2-1-3-11(9)18-12/h6,20H,1-5,7-8,17H2. The Kier molecular flexibility index (Phi) is 4.49. The Hall–Kier alpha value is -1.34. The number of aliphatic hydroxyl groups excluding tert-OH is 1. The van der Waals surface area contributed by atoms with E-state index in [1.54, 1.807) is 0 Å². The molecule has 112 valence electrons. The third kappa shape index (κ3) is 3.40. The van der Waals surface area contributed by atoms with Crippen molar-refractivity contribution in [1.82, 2.24) is 4.98 Å². The second-order valence-electron chi connectivity index (χ2n) is 4.89. The first-order chi connectivity index (χ1) is 9.44. The van der Waals surface area contributed by atoms with Gasteiger partial charge in [-0.15, -0.1) is 0 Å². The van der Waals surface area contributed by atoms with Crippen LogP contribution in [0, 0.1) is 0 Å². The first kappa shape index (κ1) is 15.1. The van der Waals surface area contributed by atoms with Crippen LogP contribution in [-0.2, 0) is 19.4 Å². The van der Waals surface area contributed by atoms with Crippen molar-refractivity contribution in [3.63, 3.8) is 0 Å². The number of nitrogens with zero attached hydrogens (tertiary/aromatic N) is 2. The summed E-state index contributed by atoms with van der Waals surface area (Å²) in [5.41, 5.74) is 8.16. The molecule has 2 rings (SSSR count). The maximum absolute atomic E-state index is 12.6. The highest BCUT2D eigenvalue weighted by molar-refractivity contribution is 5.51. The molecule has 1 aliphatic carbocycles. The van der Waals surface area contributed by atoms with Gasteiger partial charge in [0.25, 0.3) is 0 Å². The number of anilines is 1. The Labute approximate surface area is 115 Å². The van der Waals surface area contributed by atoms with E-state index in [-0.39, 0.29) is 25.5 Å². The van der Waals surface area contributed by atoms with Gasteiger partial charge in [-0.2, -0.15) is 13.2 Å². The molecule has 0 saturated carbocycles. The molecule has 0 aromatic carbocycles. The molecule has 0 radical (unpaired) electrons. The van der Waals surface area contributed by atoms with Gasteiger partial charge in [0.2, 0.25) is 0 Å². The van der Waals surface area contributed by atoms with Crippen molar-refractivity contribution in [2.75, 3.05) is 24.6 Å². The summed E-state index contributed by atoms with van der Waals surface area (Å²) in [6, 6.07) is 1.85. The Bertz CT molecular complexity index is 477. The van der Waals surface area contributed by atoms with Crippen LogP contribution in [0.4, 0.5) is 19.0 Å². The van der Waals surface area contributed by atoms with E-state index in [2.05, 4.69) is 4.98 Å². The minimum absolute atomic E-state index is 0.113. The Morgan fingerprint density at radius 1 is 1.35 bits per heavy atom. The third-order valence-corrected chi connectivity index (χ3v) is 3.37. The number of halogens is 3. The highest BCUT2D eigenvalue weighted by Crippen LogP contribution is 2.29. The van der Waals surface area contributed by atoms with E-state index in [9.17, 15) is 13.2 Å². The van der Waals surface area contributed by atoms with Gasteiger partial charge in [-0.1, -0.05) is 0 Å². The normalized spacial score (nSPS) is 14.4. The third-order valence-electron chi connectivity index (χ3n) is 3.37. The summed E-state index contributed by atoms with van der Waals surface area (Å²) in [6.45, 7) is -1.47. The molecule has 0 unspecified atom stereocenters. The van der Waals surface area contributed by atoms with Gasteiger partial charge in [0.15, 0.2) is 0 Å². The van der Waals surface area contributed by atoms with Crippen LogP contribution in [-0.4, -0.2) is 36.0 Å². The highest BCUT2D eigenvalue weighted by atomic mass is 19.4. The zero-order chi connectivity index (χ0) is 14.8. The van der Waals surface area contributed by atoms with Crippen LogP contribution in [0.3, 0.4) is 0 Å². The van der Waals surface area contributed by atoms with Crippen LogP contribution in [0.5, 0.6) is 0 Å². The number of pyridine rings is 1. The number of rotatable bonds is 5. The zero-order valence-corrected chi connectivity index (χ0v) is 11.1. The average Bonchev–Trinajstić information content (AvgIpc) is 2.82. The lowest BCUT2D eigenvalue weighted by Gasteiger charge is -2.26. The molecule has 0 atom stereocenters. The molecule has 7 heteroatoms. The lowest BCUT2D eigenvalue weighted by atomic mass is 10.1. The van der Waals surface area contributed by atoms with Crippen LogP contribution in [0.25, 0.3) is 0 Å². The molecule has 1 aromatic rings. The monoisotopic (exact) mass is 289 g/mol. The van der Waals surface area contributed by atoms with Gasteiger partial charge in [-0.05, 0) is 30.9 Å². The largest absolute Gasteiger partial charge is 0.405 e. The van der Waals surface area contributed by atoms with Crippen LogP contribution < -0.4 is 10.6 Å². The second-order valence-corrected chi connectivity index (χ2v) is 4.89. The van der Waals surface area contributed by atoms with Gasteiger partial charge in [0.05, 0.1) is 6.61 Å². The Balaban J connectivity index is 2.36. The highest BCUT2D eigenvalue weighted by Gasteiger charge is 2.32. The maximum Gasteiger partial charge on any atom is 0.405 e. The number of nitrogens with two attached hydrogens (primary N) is 1. The zero-order valence-electron chi connectivity index (χ0n) is 11.1. The summed E-state index contributed by atoms with van der Waals surface area (Å²) in [7, 11) is 0. The number of aliphatic hydroxyl groups is 1. The van der Waals surface area contributed by atoms with Crippen LogP contribution in [0.2, 0.25) is 0 Å². The number of aromatic nitrogens is 1. The summed E-state index contributed by atoms with van der Waals surface area (Å²) >= 11 is 0. The molecule has 3 N–H and O–H groups in total. The number of aryl methyl sites for hydroxylation is 2. The molecule has 4 nitrogen and oxygen atoms in total. The van der Waals surface area contributed by atoms with Gasteiger partial charge in [-0.25, -0.2) is 4.98 Å². The summed E-state index contributed by atoms with van der Waals surface area (Å²) in [5, 5.41) is 8.98. The topological polar surface area (TPSA) is 62.4 Å². The first-order valence-electron chi connectivity index (χ1n) is 6.59. The Morgan fingerprint density at radius 2 is 2.10 bits per heavy atom. The van der Waals surface area contributed by atoms with Crippen molar-refractivity contribution in [3.05, 3.63) is 22.9 Å².